The molecule has 1 amide bonds. The predicted octanol–water partition coefficient (Wildman–Crippen LogP) is 1.88. The number of carbonyl (C=O) groups excluding carboxylic acids is 3. The summed E-state index contributed by atoms with van der Waals surface area (Å²) < 4.78 is 28.8. The van der Waals surface area contributed by atoms with Crippen LogP contribution in [-0.4, -0.2) is 50.7 Å². The molecule has 0 spiro atoms. The zero-order valence-corrected chi connectivity index (χ0v) is 15.8. The second kappa shape index (κ2) is 8.35. The summed E-state index contributed by atoms with van der Waals surface area (Å²) in [6, 6.07) is 14.1. The minimum atomic E-state index is -3.19. The maximum atomic E-state index is 12.8. The molecule has 0 unspecified atom stereocenters. The number of ether oxygens (including phenoxy) is 1. The molecule has 1 fully saturated rings. The van der Waals surface area contributed by atoms with E-state index in [1.165, 1.54) is 29.2 Å². The van der Waals surface area contributed by atoms with Gasteiger partial charge in [-0.1, -0.05) is 30.3 Å². The third kappa shape index (κ3) is 4.64. The lowest BCUT2D eigenvalue weighted by Crippen LogP contribution is -2.43. The minimum Gasteiger partial charge on any atom is -0.452 e. The van der Waals surface area contributed by atoms with Crippen LogP contribution in [0.25, 0.3) is 0 Å². The molecule has 1 atom stereocenters. The number of anilines is 1. The molecule has 3 rings (SSSR count). The fourth-order valence-electron chi connectivity index (χ4n) is 3.10. The van der Waals surface area contributed by atoms with Crippen molar-refractivity contribution in [1.82, 2.24) is 0 Å². The van der Waals surface area contributed by atoms with E-state index in [-0.39, 0.29) is 17.1 Å². The summed E-state index contributed by atoms with van der Waals surface area (Å²) in [7, 11) is -3.19. The molecule has 0 saturated carbocycles. The van der Waals surface area contributed by atoms with E-state index in [2.05, 4.69) is 0 Å². The summed E-state index contributed by atoms with van der Waals surface area (Å²) in [6.07, 6.45) is 0.996. The summed E-state index contributed by atoms with van der Waals surface area (Å²) in [5.41, 5.74) is 1.19. The van der Waals surface area contributed by atoms with Crippen LogP contribution in [0.15, 0.2) is 54.6 Å². The molecule has 0 bridgehead atoms. The molecule has 2 aromatic rings. The quantitative estimate of drug-likeness (QED) is 0.541. The molecule has 1 aliphatic heterocycles. The lowest BCUT2D eigenvalue weighted by Gasteiger charge is -2.28. The van der Waals surface area contributed by atoms with Gasteiger partial charge in [0, 0.05) is 11.3 Å². The number of para-hydroxylation sites is 1. The predicted molar refractivity (Wildman–Crippen MR) is 103 cm³/mol. The first-order valence-corrected chi connectivity index (χ1v) is 10.5. The lowest BCUT2D eigenvalue weighted by molar-refractivity contribution is -0.122. The monoisotopic (exact) mass is 401 g/mol. The highest BCUT2D eigenvalue weighted by Gasteiger charge is 2.35. The van der Waals surface area contributed by atoms with Gasteiger partial charge in [0.1, 0.15) is 6.29 Å². The summed E-state index contributed by atoms with van der Waals surface area (Å²) in [4.78, 5) is 37.0. The highest BCUT2D eigenvalue weighted by Crippen LogP contribution is 2.24. The van der Waals surface area contributed by atoms with Crippen LogP contribution in [0.1, 0.15) is 27.1 Å². The van der Waals surface area contributed by atoms with E-state index in [1.807, 2.05) is 0 Å². The van der Waals surface area contributed by atoms with Crippen molar-refractivity contribution in [2.45, 2.75) is 12.5 Å². The van der Waals surface area contributed by atoms with Gasteiger partial charge < -0.3 is 9.64 Å². The molecule has 0 aliphatic carbocycles. The minimum absolute atomic E-state index is 0.0249. The largest absolute Gasteiger partial charge is 0.452 e. The Morgan fingerprint density at radius 2 is 1.75 bits per heavy atom. The summed E-state index contributed by atoms with van der Waals surface area (Å²) in [6.45, 7) is -0.514. The number of rotatable bonds is 6. The average molecular weight is 401 g/mol. The van der Waals surface area contributed by atoms with Gasteiger partial charge in [0.25, 0.3) is 5.91 Å². The van der Waals surface area contributed by atoms with Crippen molar-refractivity contribution in [2.75, 3.05) is 23.0 Å². The van der Waals surface area contributed by atoms with E-state index in [0.29, 0.717) is 24.0 Å². The molecular weight excluding hydrogens is 382 g/mol. The summed E-state index contributed by atoms with van der Waals surface area (Å²) >= 11 is 0. The van der Waals surface area contributed by atoms with Crippen LogP contribution in [0.3, 0.4) is 0 Å². The number of nitrogens with zero attached hydrogens (tertiary/aromatic N) is 1. The van der Waals surface area contributed by atoms with Crippen LogP contribution in [-0.2, 0) is 19.4 Å². The van der Waals surface area contributed by atoms with Crippen molar-refractivity contribution in [2.24, 2.45) is 0 Å². The van der Waals surface area contributed by atoms with E-state index in [9.17, 15) is 22.8 Å². The fourth-order valence-corrected chi connectivity index (χ4v) is 4.80. The number of sulfone groups is 1. The highest BCUT2D eigenvalue weighted by atomic mass is 32.2. The number of benzene rings is 2. The fraction of sp³-hybridized carbons (Fsp3) is 0.250. The number of hydrogen-bond donors (Lipinski definition) is 0. The van der Waals surface area contributed by atoms with Gasteiger partial charge in [-0.2, -0.15) is 0 Å². The molecule has 0 N–H and O–H groups in total. The van der Waals surface area contributed by atoms with E-state index >= 15 is 0 Å². The molecule has 1 saturated heterocycles. The van der Waals surface area contributed by atoms with Gasteiger partial charge in [0.05, 0.1) is 23.1 Å². The molecule has 28 heavy (non-hydrogen) atoms. The van der Waals surface area contributed by atoms with Gasteiger partial charge in [-0.15, -0.1) is 0 Å². The van der Waals surface area contributed by atoms with Crippen molar-refractivity contribution < 1.29 is 27.5 Å². The SMILES string of the molecule is O=Cc1ccc(C(=O)OCC(=O)N(c2ccccc2)[C@H]2CCS(=O)(=O)C2)cc1. The Hall–Kier alpha value is -3.00. The molecule has 2 aromatic carbocycles. The Bertz CT molecular complexity index is 970. The van der Waals surface area contributed by atoms with Gasteiger partial charge in [-0.25, -0.2) is 13.2 Å². The second-order valence-electron chi connectivity index (χ2n) is 6.47. The molecular formula is C20H19NO6S. The first-order chi connectivity index (χ1) is 13.4. The molecule has 8 heteroatoms. The molecule has 1 aliphatic rings. The molecule has 0 aromatic heterocycles. The molecule has 0 radical (unpaired) electrons. The van der Waals surface area contributed by atoms with Gasteiger partial charge in [0.2, 0.25) is 0 Å². The van der Waals surface area contributed by atoms with Crippen molar-refractivity contribution in [3.8, 4) is 0 Å². The number of amides is 1. The van der Waals surface area contributed by atoms with Crippen molar-refractivity contribution in [1.29, 1.82) is 0 Å². The average Bonchev–Trinajstić information content (AvgIpc) is 3.06. The molecule has 1 heterocycles. The second-order valence-corrected chi connectivity index (χ2v) is 8.70. The molecule has 7 nitrogen and oxygen atoms in total. The van der Waals surface area contributed by atoms with Crippen molar-refractivity contribution >= 4 is 33.7 Å². The van der Waals surface area contributed by atoms with E-state index in [0.717, 1.165) is 0 Å². The van der Waals surface area contributed by atoms with E-state index in [1.54, 1.807) is 30.3 Å². The number of hydrogen-bond acceptors (Lipinski definition) is 6. The first-order valence-electron chi connectivity index (χ1n) is 8.69. The highest BCUT2D eigenvalue weighted by molar-refractivity contribution is 7.91. The number of aldehydes is 1. The van der Waals surface area contributed by atoms with Crippen LogP contribution in [0, 0.1) is 0 Å². The Kier molecular flexibility index (Phi) is 5.89. The van der Waals surface area contributed by atoms with E-state index < -0.39 is 34.4 Å². The van der Waals surface area contributed by atoms with E-state index in [4.69, 9.17) is 4.74 Å². The van der Waals surface area contributed by atoms with Crippen molar-refractivity contribution in [3.05, 3.63) is 65.7 Å². The first kappa shape index (κ1) is 19.8. The van der Waals surface area contributed by atoms with Gasteiger partial charge in [-0.3, -0.25) is 9.59 Å². The third-order valence-corrected chi connectivity index (χ3v) is 6.24. The maximum Gasteiger partial charge on any atom is 0.338 e. The smallest absolute Gasteiger partial charge is 0.338 e. The van der Waals surface area contributed by atoms with Gasteiger partial charge in [-0.05, 0) is 30.7 Å². The van der Waals surface area contributed by atoms with Crippen LogP contribution in [0.5, 0.6) is 0 Å². The Morgan fingerprint density at radius 3 is 2.32 bits per heavy atom. The van der Waals surface area contributed by atoms with Crippen LogP contribution >= 0.6 is 0 Å². The normalized spacial score (nSPS) is 17.6. The summed E-state index contributed by atoms with van der Waals surface area (Å²) in [5.74, 6) is -1.28. The summed E-state index contributed by atoms with van der Waals surface area (Å²) in [5, 5.41) is 0. The topological polar surface area (TPSA) is 97.8 Å². The van der Waals surface area contributed by atoms with Gasteiger partial charge >= 0.3 is 5.97 Å². The van der Waals surface area contributed by atoms with Crippen LogP contribution in [0.2, 0.25) is 0 Å². The zero-order chi connectivity index (χ0) is 20.1. The zero-order valence-electron chi connectivity index (χ0n) is 15.0. The lowest BCUT2D eigenvalue weighted by atomic mass is 10.1. The third-order valence-electron chi connectivity index (χ3n) is 4.49. The van der Waals surface area contributed by atoms with Crippen LogP contribution < -0.4 is 4.90 Å². The Labute approximate surface area is 162 Å². The van der Waals surface area contributed by atoms with Gasteiger partial charge in [0.15, 0.2) is 16.4 Å². The van der Waals surface area contributed by atoms with Crippen molar-refractivity contribution in [3.63, 3.8) is 0 Å². The Morgan fingerprint density at radius 1 is 1.07 bits per heavy atom. The Balaban J connectivity index is 1.72. The maximum absolute atomic E-state index is 12.8. The molecule has 146 valence electrons. The standard InChI is InChI=1S/C20H19NO6S/c22-12-15-6-8-16(9-7-15)20(24)27-13-19(23)21(17-4-2-1-3-5-17)18-10-11-28(25,26)14-18/h1-9,12,18H,10-11,13-14H2/t18-/m0/s1. The number of carbonyl (C=O) groups is 3. The number of esters is 1. The van der Waals surface area contributed by atoms with Crippen LogP contribution in [0.4, 0.5) is 5.69 Å².